The van der Waals surface area contributed by atoms with Gasteiger partial charge in [0.05, 0.1) is 5.56 Å². The molecule has 1 fully saturated rings. The number of aliphatic carboxylic acids is 1. The van der Waals surface area contributed by atoms with Gasteiger partial charge < -0.3 is 10.2 Å². The second-order valence-corrected chi connectivity index (χ2v) is 9.50. The Hall–Kier alpha value is -3.65. The maximum atomic E-state index is 11.2. The van der Waals surface area contributed by atoms with Crippen LogP contribution in [0.1, 0.15) is 53.6 Å². The fraction of sp³-hybridized carbons (Fsp3) is 0.333. The van der Waals surface area contributed by atoms with E-state index in [1.54, 1.807) is 12.1 Å². The smallest absolute Gasteiger partial charge is 0.478 e. The molecule has 0 aliphatic heterocycles. The SMILES string of the molecule is O=C(O)C(F)(F)F.O=C(O)c1ccc(-c2ccccc2CN(Cc2ccccc2)CC2CCCCC2)cc1. The van der Waals surface area contributed by atoms with Crippen LogP contribution in [0.15, 0.2) is 78.9 Å². The van der Waals surface area contributed by atoms with Gasteiger partial charge in [-0.15, -0.1) is 0 Å². The third kappa shape index (κ3) is 9.03. The Labute approximate surface area is 220 Å². The average Bonchev–Trinajstić information content (AvgIpc) is 2.90. The second-order valence-electron chi connectivity index (χ2n) is 9.50. The molecule has 0 spiro atoms. The van der Waals surface area contributed by atoms with E-state index in [9.17, 15) is 23.1 Å². The van der Waals surface area contributed by atoms with Crippen LogP contribution in [0, 0.1) is 5.92 Å². The number of carboxylic acid groups (broad SMARTS) is 2. The molecule has 2 N–H and O–H groups in total. The van der Waals surface area contributed by atoms with Crippen LogP contribution in [0.25, 0.3) is 11.1 Å². The molecule has 0 heterocycles. The van der Waals surface area contributed by atoms with Crippen LogP contribution in [0.3, 0.4) is 0 Å². The highest BCUT2D eigenvalue weighted by molar-refractivity contribution is 5.88. The van der Waals surface area contributed by atoms with Crippen molar-refractivity contribution in [3.05, 3.63) is 95.6 Å². The summed E-state index contributed by atoms with van der Waals surface area (Å²) in [5, 5.41) is 16.3. The van der Waals surface area contributed by atoms with Crippen molar-refractivity contribution < 1.29 is 33.0 Å². The van der Waals surface area contributed by atoms with Crippen molar-refractivity contribution in [3.63, 3.8) is 0 Å². The molecule has 0 bridgehead atoms. The van der Waals surface area contributed by atoms with Gasteiger partial charge in [-0.1, -0.05) is 86.0 Å². The van der Waals surface area contributed by atoms with Gasteiger partial charge in [0.2, 0.25) is 0 Å². The molecular weight excluding hydrogens is 495 g/mol. The number of carbonyl (C=O) groups is 2. The number of halogens is 3. The summed E-state index contributed by atoms with van der Waals surface area (Å²) in [6.07, 6.45) is 1.68. The minimum Gasteiger partial charge on any atom is -0.478 e. The normalized spacial score (nSPS) is 14.0. The lowest BCUT2D eigenvalue weighted by atomic mass is 9.88. The lowest BCUT2D eigenvalue weighted by Crippen LogP contribution is -2.30. The maximum Gasteiger partial charge on any atom is 0.490 e. The van der Waals surface area contributed by atoms with Gasteiger partial charge in [-0.2, -0.15) is 13.2 Å². The molecule has 0 saturated heterocycles. The number of nitrogens with zero attached hydrogens (tertiary/aromatic N) is 1. The summed E-state index contributed by atoms with van der Waals surface area (Å²) in [5.41, 5.74) is 5.21. The fourth-order valence-corrected chi connectivity index (χ4v) is 4.73. The first-order valence-corrected chi connectivity index (χ1v) is 12.6. The molecule has 1 aliphatic carbocycles. The minimum atomic E-state index is -5.08. The minimum absolute atomic E-state index is 0.323. The van der Waals surface area contributed by atoms with Crippen LogP contribution >= 0.6 is 0 Å². The first kappa shape index (κ1) is 28.9. The molecule has 0 radical (unpaired) electrons. The molecule has 0 unspecified atom stereocenters. The molecular formula is C30H32F3NO4. The van der Waals surface area contributed by atoms with Crippen LogP contribution in [-0.2, 0) is 17.9 Å². The largest absolute Gasteiger partial charge is 0.490 e. The van der Waals surface area contributed by atoms with Gasteiger partial charge >= 0.3 is 18.1 Å². The Kier molecular flexibility index (Phi) is 10.5. The van der Waals surface area contributed by atoms with Crippen LogP contribution in [0.4, 0.5) is 13.2 Å². The van der Waals surface area contributed by atoms with Gasteiger partial charge in [-0.25, -0.2) is 9.59 Å². The number of benzene rings is 3. The Morgan fingerprint density at radius 3 is 1.95 bits per heavy atom. The molecule has 38 heavy (non-hydrogen) atoms. The van der Waals surface area contributed by atoms with E-state index in [0.717, 1.165) is 31.1 Å². The third-order valence-electron chi connectivity index (χ3n) is 6.59. The van der Waals surface area contributed by atoms with E-state index in [-0.39, 0.29) is 0 Å². The molecule has 0 atom stereocenters. The lowest BCUT2D eigenvalue weighted by molar-refractivity contribution is -0.192. The van der Waals surface area contributed by atoms with E-state index in [0.29, 0.717) is 5.56 Å². The monoisotopic (exact) mass is 527 g/mol. The van der Waals surface area contributed by atoms with Crippen molar-refractivity contribution in [2.45, 2.75) is 51.4 Å². The summed E-state index contributed by atoms with van der Waals surface area (Å²) >= 11 is 0. The van der Waals surface area contributed by atoms with Crippen molar-refractivity contribution in [1.29, 1.82) is 0 Å². The summed E-state index contributed by atoms with van der Waals surface area (Å²) in [5.74, 6) is -2.87. The number of aromatic carboxylic acids is 1. The van der Waals surface area contributed by atoms with Crippen molar-refractivity contribution in [1.82, 2.24) is 4.90 Å². The van der Waals surface area contributed by atoms with Gasteiger partial charge in [-0.3, -0.25) is 4.90 Å². The van der Waals surface area contributed by atoms with Gasteiger partial charge in [0, 0.05) is 19.6 Å². The highest BCUT2D eigenvalue weighted by atomic mass is 19.4. The molecule has 0 amide bonds. The van der Waals surface area contributed by atoms with Gasteiger partial charge in [0.1, 0.15) is 0 Å². The van der Waals surface area contributed by atoms with E-state index < -0.39 is 18.1 Å². The Morgan fingerprint density at radius 1 is 0.789 bits per heavy atom. The average molecular weight is 528 g/mol. The van der Waals surface area contributed by atoms with Crippen molar-refractivity contribution in [3.8, 4) is 11.1 Å². The number of alkyl halides is 3. The topological polar surface area (TPSA) is 77.8 Å². The zero-order valence-electron chi connectivity index (χ0n) is 21.0. The zero-order valence-corrected chi connectivity index (χ0v) is 21.0. The number of carboxylic acids is 2. The summed E-state index contributed by atoms with van der Waals surface area (Å²) in [4.78, 5) is 22.7. The Morgan fingerprint density at radius 2 is 1.37 bits per heavy atom. The molecule has 1 aliphatic rings. The van der Waals surface area contributed by atoms with Crippen LogP contribution in [-0.4, -0.2) is 39.8 Å². The Bertz CT molecular complexity index is 1170. The van der Waals surface area contributed by atoms with E-state index in [1.165, 1.54) is 48.8 Å². The van der Waals surface area contributed by atoms with Crippen LogP contribution in [0.2, 0.25) is 0 Å². The summed E-state index contributed by atoms with van der Waals surface area (Å²) < 4.78 is 31.7. The molecule has 0 aromatic heterocycles. The van der Waals surface area contributed by atoms with E-state index in [1.807, 2.05) is 12.1 Å². The predicted molar refractivity (Wildman–Crippen MR) is 140 cm³/mol. The molecule has 3 aromatic rings. The molecule has 8 heteroatoms. The van der Waals surface area contributed by atoms with Gasteiger partial charge in [0.25, 0.3) is 0 Å². The second kappa shape index (κ2) is 13.8. The summed E-state index contributed by atoms with van der Waals surface area (Å²) in [6.45, 7) is 2.97. The number of hydrogen-bond donors (Lipinski definition) is 2. The molecule has 1 saturated carbocycles. The highest BCUT2D eigenvalue weighted by Gasteiger charge is 2.38. The van der Waals surface area contributed by atoms with E-state index >= 15 is 0 Å². The fourth-order valence-electron chi connectivity index (χ4n) is 4.73. The maximum absolute atomic E-state index is 11.2. The van der Waals surface area contributed by atoms with Crippen molar-refractivity contribution in [2.75, 3.05) is 6.54 Å². The molecule has 202 valence electrons. The molecule has 5 nitrogen and oxygen atoms in total. The van der Waals surface area contributed by atoms with Crippen LogP contribution in [0.5, 0.6) is 0 Å². The summed E-state index contributed by atoms with van der Waals surface area (Å²) in [6, 6.07) is 26.5. The van der Waals surface area contributed by atoms with Crippen LogP contribution < -0.4 is 0 Å². The summed E-state index contributed by atoms with van der Waals surface area (Å²) in [7, 11) is 0. The predicted octanol–water partition coefficient (Wildman–Crippen LogP) is 7.27. The third-order valence-corrected chi connectivity index (χ3v) is 6.59. The molecule has 4 rings (SSSR count). The number of rotatable bonds is 8. The van der Waals surface area contributed by atoms with Gasteiger partial charge in [0.15, 0.2) is 0 Å². The van der Waals surface area contributed by atoms with Crippen molar-refractivity contribution >= 4 is 11.9 Å². The van der Waals surface area contributed by atoms with Crippen molar-refractivity contribution in [2.24, 2.45) is 5.92 Å². The quantitative estimate of drug-likeness (QED) is 0.322. The van der Waals surface area contributed by atoms with E-state index in [4.69, 9.17) is 9.90 Å². The standard InChI is InChI=1S/C28H31NO2.C2HF3O2/c30-28(31)25-17-15-24(16-18-25)27-14-8-7-13-26(27)21-29(19-22-9-3-1-4-10-22)20-23-11-5-2-6-12-23;3-2(4,5)1(6)7/h1,3-4,7-10,13-18,23H,2,5-6,11-12,19-21H2,(H,30,31);(H,6,7). The lowest BCUT2D eigenvalue weighted by Gasteiger charge is -2.30. The van der Waals surface area contributed by atoms with Gasteiger partial charge in [-0.05, 0) is 53.1 Å². The van der Waals surface area contributed by atoms with E-state index in [2.05, 4.69) is 59.5 Å². The first-order chi connectivity index (χ1) is 18.1. The first-order valence-electron chi connectivity index (χ1n) is 12.6. The molecule has 3 aromatic carbocycles. The zero-order chi connectivity index (χ0) is 27.5. The highest BCUT2D eigenvalue weighted by Crippen LogP contribution is 2.29. The Balaban J connectivity index is 0.000000505. The number of hydrogen-bond acceptors (Lipinski definition) is 3.